The predicted molar refractivity (Wildman–Crippen MR) is 103 cm³/mol. The summed E-state index contributed by atoms with van der Waals surface area (Å²) in [4.78, 5) is 12.1. The molecule has 2 rings (SSSR count). The average Bonchev–Trinajstić information content (AvgIpc) is 2.68. The number of amides is 1. The third-order valence-electron chi connectivity index (χ3n) is 3.88. The van der Waals surface area contributed by atoms with Crippen LogP contribution >= 0.6 is 0 Å². The SMILES string of the molecule is COCCNC(=O)c1cccc(S(=O)(=O)NCCc2ccccc2OC)c1. The summed E-state index contributed by atoms with van der Waals surface area (Å²) in [6.07, 6.45) is 0.487. The van der Waals surface area contributed by atoms with E-state index in [1.165, 1.54) is 19.2 Å². The van der Waals surface area contributed by atoms with E-state index in [1.807, 2.05) is 24.3 Å². The fourth-order valence-corrected chi connectivity index (χ4v) is 3.56. The fourth-order valence-electron chi connectivity index (χ4n) is 2.49. The maximum absolute atomic E-state index is 12.5. The number of para-hydroxylation sites is 1. The van der Waals surface area contributed by atoms with Crippen LogP contribution in [0.25, 0.3) is 0 Å². The van der Waals surface area contributed by atoms with Crippen LogP contribution < -0.4 is 14.8 Å². The highest BCUT2D eigenvalue weighted by molar-refractivity contribution is 7.89. The quantitative estimate of drug-likeness (QED) is 0.599. The van der Waals surface area contributed by atoms with Gasteiger partial charge in [-0.15, -0.1) is 0 Å². The zero-order chi connectivity index (χ0) is 19.7. The number of ether oxygens (including phenoxy) is 2. The van der Waals surface area contributed by atoms with Crippen molar-refractivity contribution >= 4 is 15.9 Å². The van der Waals surface area contributed by atoms with E-state index in [0.29, 0.717) is 25.3 Å². The Morgan fingerprint density at radius 2 is 1.81 bits per heavy atom. The summed E-state index contributed by atoms with van der Waals surface area (Å²) in [5, 5.41) is 2.66. The molecule has 0 saturated carbocycles. The van der Waals surface area contributed by atoms with E-state index in [-0.39, 0.29) is 22.9 Å². The van der Waals surface area contributed by atoms with Crippen LogP contribution in [-0.4, -0.2) is 48.2 Å². The number of carbonyl (C=O) groups excluding carboxylic acids is 1. The molecule has 0 aliphatic rings. The zero-order valence-corrected chi connectivity index (χ0v) is 16.2. The molecule has 0 spiro atoms. The van der Waals surface area contributed by atoms with Gasteiger partial charge in [0.2, 0.25) is 10.0 Å². The normalized spacial score (nSPS) is 11.2. The Labute approximate surface area is 159 Å². The van der Waals surface area contributed by atoms with Crippen LogP contribution in [0.3, 0.4) is 0 Å². The van der Waals surface area contributed by atoms with Gasteiger partial charge in [0.15, 0.2) is 0 Å². The highest BCUT2D eigenvalue weighted by Crippen LogP contribution is 2.18. The van der Waals surface area contributed by atoms with Crippen molar-refractivity contribution < 1.29 is 22.7 Å². The molecule has 0 aromatic heterocycles. The van der Waals surface area contributed by atoms with Crippen LogP contribution in [0.5, 0.6) is 5.75 Å². The first-order chi connectivity index (χ1) is 13.0. The van der Waals surface area contributed by atoms with Gasteiger partial charge in [0.25, 0.3) is 5.91 Å². The maximum atomic E-state index is 12.5. The fraction of sp³-hybridized carbons (Fsp3) is 0.316. The summed E-state index contributed by atoms with van der Waals surface area (Å²) >= 11 is 0. The summed E-state index contributed by atoms with van der Waals surface area (Å²) in [7, 11) is -0.613. The minimum atomic E-state index is -3.73. The minimum Gasteiger partial charge on any atom is -0.496 e. The Balaban J connectivity index is 2.01. The molecular weight excluding hydrogens is 368 g/mol. The Bertz CT molecular complexity index is 868. The molecule has 0 atom stereocenters. The van der Waals surface area contributed by atoms with Gasteiger partial charge in [-0.3, -0.25) is 4.79 Å². The predicted octanol–water partition coefficient (Wildman–Crippen LogP) is 1.59. The van der Waals surface area contributed by atoms with Gasteiger partial charge in [-0.25, -0.2) is 13.1 Å². The first kappa shape index (κ1) is 20.9. The van der Waals surface area contributed by atoms with Crippen LogP contribution in [0.4, 0.5) is 0 Å². The monoisotopic (exact) mass is 392 g/mol. The van der Waals surface area contributed by atoms with Crippen molar-refractivity contribution in [1.82, 2.24) is 10.0 Å². The second-order valence-corrected chi connectivity index (χ2v) is 7.50. The van der Waals surface area contributed by atoms with Gasteiger partial charge >= 0.3 is 0 Å². The largest absolute Gasteiger partial charge is 0.496 e. The molecule has 1 amide bonds. The Morgan fingerprint density at radius 3 is 2.56 bits per heavy atom. The molecule has 8 heteroatoms. The molecule has 27 heavy (non-hydrogen) atoms. The Hall–Kier alpha value is -2.42. The van der Waals surface area contributed by atoms with Crippen molar-refractivity contribution in [3.8, 4) is 5.75 Å². The van der Waals surface area contributed by atoms with Crippen LogP contribution in [-0.2, 0) is 21.2 Å². The first-order valence-electron chi connectivity index (χ1n) is 8.46. The van der Waals surface area contributed by atoms with Crippen LogP contribution in [0.2, 0.25) is 0 Å². The summed E-state index contributed by atoms with van der Waals surface area (Å²) in [6.45, 7) is 0.949. The molecular formula is C19H24N2O5S. The number of sulfonamides is 1. The maximum Gasteiger partial charge on any atom is 0.251 e. The summed E-state index contributed by atoms with van der Waals surface area (Å²) < 4.78 is 37.7. The van der Waals surface area contributed by atoms with Gasteiger partial charge in [0.1, 0.15) is 5.75 Å². The molecule has 2 aromatic rings. The van der Waals surface area contributed by atoms with Crippen LogP contribution in [0.1, 0.15) is 15.9 Å². The number of rotatable bonds is 10. The number of nitrogens with one attached hydrogen (secondary N) is 2. The molecule has 0 unspecified atom stereocenters. The highest BCUT2D eigenvalue weighted by Gasteiger charge is 2.16. The van der Waals surface area contributed by atoms with Crippen molar-refractivity contribution in [2.75, 3.05) is 33.9 Å². The van der Waals surface area contributed by atoms with Crippen LogP contribution in [0, 0.1) is 0 Å². The lowest BCUT2D eigenvalue weighted by Crippen LogP contribution is -2.28. The smallest absolute Gasteiger partial charge is 0.251 e. The lowest BCUT2D eigenvalue weighted by atomic mass is 10.1. The van der Waals surface area contributed by atoms with Gasteiger partial charge in [0.05, 0.1) is 18.6 Å². The molecule has 2 N–H and O–H groups in total. The molecule has 7 nitrogen and oxygen atoms in total. The van der Waals surface area contributed by atoms with Crippen molar-refractivity contribution in [2.45, 2.75) is 11.3 Å². The first-order valence-corrected chi connectivity index (χ1v) is 9.95. The van der Waals surface area contributed by atoms with Crippen molar-refractivity contribution in [2.24, 2.45) is 0 Å². The van der Waals surface area contributed by atoms with E-state index < -0.39 is 10.0 Å². The molecule has 0 aliphatic heterocycles. The summed E-state index contributed by atoms with van der Waals surface area (Å²) in [5.74, 6) is 0.365. The van der Waals surface area contributed by atoms with Crippen molar-refractivity contribution in [3.05, 3.63) is 59.7 Å². The molecule has 146 valence electrons. The standard InChI is InChI=1S/C19H24N2O5S/c1-25-13-12-20-19(22)16-7-5-8-17(14-16)27(23,24)21-11-10-15-6-3-4-9-18(15)26-2/h3-9,14,21H,10-13H2,1-2H3,(H,20,22). The van der Waals surface area contributed by atoms with Gasteiger partial charge in [-0.05, 0) is 36.2 Å². The molecule has 2 aromatic carbocycles. The van der Waals surface area contributed by atoms with Crippen LogP contribution in [0.15, 0.2) is 53.4 Å². The third kappa shape index (κ3) is 6.06. The molecule has 0 radical (unpaired) electrons. The topological polar surface area (TPSA) is 93.7 Å². The number of benzene rings is 2. The lowest BCUT2D eigenvalue weighted by Gasteiger charge is -2.10. The number of carbonyl (C=O) groups is 1. The number of hydrogen-bond donors (Lipinski definition) is 2. The lowest BCUT2D eigenvalue weighted by molar-refractivity contribution is 0.0937. The van der Waals surface area contributed by atoms with E-state index in [0.717, 1.165) is 5.56 Å². The molecule has 0 bridgehead atoms. The van der Waals surface area contributed by atoms with Crippen molar-refractivity contribution in [3.63, 3.8) is 0 Å². The second kappa shape index (κ2) is 10.1. The average molecular weight is 392 g/mol. The second-order valence-electron chi connectivity index (χ2n) is 5.74. The van der Waals surface area contributed by atoms with E-state index in [9.17, 15) is 13.2 Å². The molecule has 0 saturated heterocycles. The van der Waals surface area contributed by atoms with Gasteiger partial charge in [-0.1, -0.05) is 24.3 Å². The van der Waals surface area contributed by atoms with E-state index >= 15 is 0 Å². The summed E-state index contributed by atoms with van der Waals surface area (Å²) in [5.41, 5.74) is 1.19. The molecule has 0 fully saturated rings. The van der Waals surface area contributed by atoms with Gasteiger partial charge in [0, 0.05) is 25.8 Å². The van der Waals surface area contributed by atoms with Gasteiger partial charge < -0.3 is 14.8 Å². The Kier molecular flexibility index (Phi) is 7.78. The van der Waals surface area contributed by atoms with Crippen molar-refractivity contribution in [1.29, 1.82) is 0 Å². The van der Waals surface area contributed by atoms with E-state index in [1.54, 1.807) is 19.2 Å². The number of hydrogen-bond acceptors (Lipinski definition) is 5. The van der Waals surface area contributed by atoms with Gasteiger partial charge in [-0.2, -0.15) is 0 Å². The van der Waals surface area contributed by atoms with E-state index in [2.05, 4.69) is 10.0 Å². The Morgan fingerprint density at radius 1 is 1.04 bits per heavy atom. The van der Waals surface area contributed by atoms with E-state index in [4.69, 9.17) is 9.47 Å². The molecule has 0 heterocycles. The highest BCUT2D eigenvalue weighted by atomic mass is 32.2. The minimum absolute atomic E-state index is 0.0434. The summed E-state index contributed by atoms with van der Waals surface area (Å²) in [6, 6.07) is 13.4. The number of methoxy groups -OCH3 is 2. The zero-order valence-electron chi connectivity index (χ0n) is 15.4. The third-order valence-corrected chi connectivity index (χ3v) is 5.34. The molecule has 0 aliphatic carbocycles.